The highest BCUT2D eigenvalue weighted by molar-refractivity contribution is 7.89. The molecule has 20 heavy (non-hydrogen) atoms. The number of sulfonamides is 1. The van der Waals surface area contributed by atoms with E-state index in [9.17, 15) is 18.5 Å². The fourth-order valence-corrected chi connectivity index (χ4v) is 2.44. The van der Waals surface area contributed by atoms with Gasteiger partial charge in [0.05, 0.1) is 17.3 Å². The Morgan fingerprint density at radius 1 is 1.30 bits per heavy atom. The van der Waals surface area contributed by atoms with E-state index in [1.165, 1.54) is 6.07 Å². The summed E-state index contributed by atoms with van der Waals surface area (Å²) in [6, 6.07) is 3.25. The number of nitrogens with zero attached hydrogens (tertiary/aromatic N) is 1. The molecule has 8 heteroatoms. The topological polar surface area (TPSA) is 113 Å². The zero-order valence-corrected chi connectivity index (χ0v) is 12.3. The molecule has 0 radical (unpaired) electrons. The average molecular weight is 302 g/mol. The number of benzene rings is 1. The van der Waals surface area contributed by atoms with Gasteiger partial charge in [0.15, 0.2) is 5.75 Å². The summed E-state index contributed by atoms with van der Waals surface area (Å²) in [6.45, 7) is 3.72. The van der Waals surface area contributed by atoms with Crippen molar-refractivity contribution in [3.8, 4) is 5.75 Å². The molecule has 112 valence electrons. The maximum absolute atomic E-state index is 11.0. The standard InChI is InChI=1S/C12H18N2O5S/c1-9-7-10(2)12(11(8-9)14(15)16)19-5-3-4-6-20(13,17)18/h7-8H,3-6H2,1-2H3,(H2,13,17,18). The van der Waals surface area contributed by atoms with E-state index in [0.717, 1.165) is 5.56 Å². The van der Waals surface area contributed by atoms with Crippen LogP contribution >= 0.6 is 0 Å². The first-order chi connectivity index (χ1) is 9.20. The molecule has 0 heterocycles. The lowest BCUT2D eigenvalue weighted by Crippen LogP contribution is -2.17. The normalized spacial score (nSPS) is 11.3. The van der Waals surface area contributed by atoms with Gasteiger partial charge in [-0.2, -0.15) is 0 Å². The van der Waals surface area contributed by atoms with Crippen molar-refractivity contribution in [3.05, 3.63) is 33.4 Å². The van der Waals surface area contributed by atoms with Gasteiger partial charge in [0.1, 0.15) is 0 Å². The summed E-state index contributed by atoms with van der Waals surface area (Å²) >= 11 is 0. The average Bonchev–Trinajstić information content (AvgIpc) is 2.28. The Bertz CT molecular complexity index is 598. The van der Waals surface area contributed by atoms with Gasteiger partial charge in [0, 0.05) is 6.07 Å². The van der Waals surface area contributed by atoms with Crippen molar-refractivity contribution >= 4 is 15.7 Å². The number of nitro benzene ring substituents is 1. The van der Waals surface area contributed by atoms with Crippen LogP contribution in [0.5, 0.6) is 5.75 Å². The van der Waals surface area contributed by atoms with E-state index in [4.69, 9.17) is 9.88 Å². The lowest BCUT2D eigenvalue weighted by Gasteiger charge is -2.10. The molecule has 0 bridgehead atoms. The molecule has 1 aromatic rings. The smallest absolute Gasteiger partial charge is 0.311 e. The van der Waals surface area contributed by atoms with E-state index in [0.29, 0.717) is 18.4 Å². The third-order valence-corrected chi connectivity index (χ3v) is 3.52. The second kappa shape index (κ2) is 6.67. The molecule has 0 aliphatic carbocycles. The van der Waals surface area contributed by atoms with Crippen LogP contribution in [0.25, 0.3) is 0 Å². The van der Waals surface area contributed by atoms with E-state index in [1.54, 1.807) is 19.9 Å². The summed E-state index contributed by atoms with van der Waals surface area (Å²) < 4.78 is 26.9. The number of rotatable bonds is 7. The third kappa shape index (κ3) is 5.14. The molecule has 1 rings (SSSR count). The van der Waals surface area contributed by atoms with E-state index in [1.807, 2.05) is 0 Å². The predicted octanol–water partition coefficient (Wildman–Crippen LogP) is 1.66. The summed E-state index contributed by atoms with van der Waals surface area (Å²) in [5.41, 5.74) is 1.40. The third-order valence-electron chi connectivity index (χ3n) is 2.67. The van der Waals surface area contributed by atoms with Gasteiger partial charge in [-0.1, -0.05) is 6.07 Å². The molecule has 0 aromatic heterocycles. The first-order valence-electron chi connectivity index (χ1n) is 6.09. The molecule has 0 fully saturated rings. The Morgan fingerprint density at radius 2 is 1.95 bits per heavy atom. The summed E-state index contributed by atoms with van der Waals surface area (Å²) in [5.74, 6) is 0.113. The highest BCUT2D eigenvalue weighted by Crippen LogP contribution is 2.32. The van der Waals surface area contributed by atoms with E-state index >= 15 is 0 Å². The molecule has 7 nitrogen and oxygen atoms in total. The molecule has 0 amide bonds. The second-order valence-corrected chi connectivity index (χ2v) is 6.34. The summed E-state index contributed by atoms with van der Waals surface area (Å²) in [5, 5.41) is 15.9. The minimum Gasteiger partial charge on any atom is -0.487 e. The highest BCUT2D eigenvalue weighted by atomic mass is 32.2. The molecular formula is C12H18N2O5S. The summed E-state index contributed by atoms with van der Waals surface area (Å²) in [7, 11) is -3.47. The van der Waals surface area contributed by atoms with Crippen LogP contribution in [0.15, 0.2) is 12.1 Å². The Kier molecular flexibility index (Phi) is 5.46. The molecule has 0 aliphatic heterocycles. The van der Waals surface area contributed by atoms with Crippen molar-refractivity contribution in [3.63, 3.8) is 0 Å². The number of unbranched alkanes of at least 4 members (excludes halogenated alkanes) is 1. The Labute approximate surface area is 117 Å². The Hall–Kier alpha value is -1.67. The lowest BCUT2D eigenvalue weighted by molar-refractivity contribution is -0.386. The van der Waals surface area contributed by atoms with Crippen LogP contribution in [0.1, 0.15) is 24.0 Å². The van der Waals surface area contributed by atoms with Crippen LogP contribution in [-0.2, 0) is 10.0 Å². The summed E-state index contributed by atoms with van der Waals surface area (Å²) in [6.07, 6.45) is 0.818. The summed E-state index contributed by atoms with van der Waals surface area (Å²) in [4.78, 5) is 10.5. The van der Waals surface area contributed by atoms with Crippen molar-refractivity contribution in [1.29, 1.82) is 0 Å². The number of ether oxygens (including phenoxy) is 1. The monoisotopic (exact) mass is 302 g/mol. The molecular weight excluding hydrogens is 284 g/mol. The van der Waals surface area contributed by atoms with Crippen LogP contribution in [0.2, 0.25) is 0 Å². The van der Waals surface area contributed by atoms with E-state index in [2.05, 4.69) is 0 Å². The molecule has 0 saturated carbocycles. The molecule has 0 saturated heterocycles. The van der Waals surface area contributed by atoms with Gasteiger partial charge in [-0.3, -0.25) is 10.1 Å². The number of primary sulfonamides is 1. The van der Waals surface area contributed by atoms with Gasteiger partial charge in [-0.15, -0.1) is 0 Å². The first kappa shape index (κ1) is 16.4. The zero-order chi connectivity index (χ0) is 15.3. The molecule has 0 aliphatic rings. The molecule has 0 unspecified atom stereocenters. The fourth-order valence-electron chi connectivity index (χ4n) is 1.83. The maximum Gasteiger partial charge on any atom is 0.311 e. The van der Waals surface area contributed by atoms with Gasteiger partial charge in [0.25, 0.3) is 0 Å². The number of hydrogen-bond donors (Lipinski definition) is 1. The molecule has 0 atom stereocenters. The van der Waals surface area contributed by atoms with E-state index in [-0.39, 0.29) is 23.8 Å². The number of nitro groups is 1. The maximum atomic E-state index is 11.0. The zero-order valence-electron chi connectivity index (χ0n) is 11.5. The van der Waals surface area contributed by atoms with Crippen LogP contribution in [0.3, 0.4) is 0 Å². The molecule has 1 aromatic carbocycles. The SMILES string of the molecule is Cc1cc(C)c(OCCCCS(N)(=O)=O)c([N+](=O)[O-])c1. The Balaban J connectivity index is 2.66. The van der Waals surface area contributed by atoms with Crippen molar-refractivity contribution in [2.75, 3.05) is 12.4 Å². The minimum absolute atomic E-state index is 0.0750. The van der Waals surface area contributed by atoms with Crippen LogP contribution in [0.4, 0.5) is 5.69 Å². The minimum atomic E-state index is -3.47. The van der Waals surface area contributed by atoms with Gasteiger partial charge in [-0.05, 0) is 37.8 Å². The van der Waals surface area contributed by atoms with Gasteiger partial charge >= 0.3 is 5.69 Å². The fraction of sp³-hybridized carbons (Fsp3) is 0.500. The van der Waals surface area contributed by atoms with Crippen LogP contribution in [-0.4, -0.2) is 25.7 Å². The number of hydrogen-bond acceptors (Lipinski definition) is 5. The first-order valence-corrected chi connectivity index (χ1v) is 7.81. The number of aryl methyl sites for hydroxylation is 2. The quantitative estimate of drug-likeness (QED) is 0.467. The molecule has 0 spiro atoms. The van der Waals surface area contributed by atoms with Crippen LogP contribution < -0.4 is 9.88 Å². The molecule has 2 N–H and O–H groups in total. The van der Waals surface area contributed by atoms with Crippen LogP contribution in [0, 0.1) is 24.0 Å². The predicted molar refractivity (Wildman–Crippen MR) is 75.3 cm³/mol. The van der Waals surface area contributed by atoms with Gasteiger partial charge in [-0.25, -0.2) is 13.6 Å². The second-order valence-electron chi connectivity index (χ2n) is 4.61. The van der Waals surface area contributed by atoms with E-state index < -0.39 is 14.9 Å². The van der Waals surface area contributed by atoms with Crippen molar-refractivity contribution in [2.45, 2.75) is 26.7 Å². The van der Waals surface area contributed by atoms with Crippen molar-refractivity contribution in [2.24, 2.45) is 5.14 Å². The largest absolute Gasteiger partial charge is 0.487 e. The van der Waals surface area contributed by atoms with Crippen molar-refractivity contribution in [1.82, 2.24) is 0 Å². The Morgan fingerprint density at radius 3 is 2.50 bits per heavy atom. The van der Waals surface area contributed by atoms with Gasteiger partial charge in [0.2, 0.25) is 10.0 Å². The lowest BCUT2D eigenvalue weighted by atomic mass is 10.1. The number of nitrogens with two attached hydrogens (primary N) is 1. The highest BCUT2D eigenvalue weighted by Gasteiger charge is 2.18. The van der Waals surface area contributed by atoms with Crippen molar-refractivity contribution < 1.29 is 18.1 Å². The van der Waals surface area contributed by atoms with Gasteiger partial charge < -0.3 is 4.74 Å².